The second-order valence-corrected chi connectivity index (χ2v) is 6.58. The quantitative estimate of drug-likeness (QED) is 0.553. The van der Waals surface area contributed by atoms with E-state index < -0.39 is 0 Å². The van der Waals surface area contributed by atoms with Crippen LogP contribution in [0.4, 0.5) is 11.5 Å². The van der Waals surface area contributed by atoms with Crippen molar-refractivity contribution in [2.45, 2.75) is 13.8 Å². The Bertz CT molecular complexity index is 988. The molecule has 2 heterocycles. The van der Waals surface area contributed by atoms with Crippen molar-refractivity contribution < 1.29 is 0 Å². The molecule has 0 saturated heterocycles. The van der Waals surface area contributed by atoms with Gasteiger partial charge in [-0.1, -0.05) is 30.3 Å². The van der Waals surface area contributed by atoms with Gasteiger partial charge in [0.25, 0.3) is 0 Å². The van der Waals surface area contributed by atoms with Crippen molar-refractivity contribution in [1.29, 1.82) is 0 Å². The first-order valence-corrected chi connectivity index (χ1v) is 8.00. The van der Waals surface area contributed by atoms with Crippen LogP contribution in [-0.4, -0.2) is 9.97 Å². The van der Waals surface area contributed by atoms with Gasteiger partial charge >= 0.3 is 0 Å². The van der Waals surface area contributed by atoms with E-state index >= 15 is 0 Å². The van der Waals surface area contributed by atoms with Crippen LogP contribution in [0.2, 0.25) is 0 Å². The zero-order chi connectivity index (χ0) is 15.1. The molecule has 4 aromatic rings. The van der Waals surface area contributed by atoms with Gasteiger partial charge in [0, 0.05) is 10.6 Å². The molecule has 0 atom stereocenters. The molecule has 0 bridgehead atoms. The molecular formula is C18H15N3S. The summed E-state index contributed by atoms with van der Waals surface area (Å²) in [7, 11) is 0. The van der Waals surface area contributed by atoms with Gasteiger partial charge in [-0.25, -0.2) is 9.97 Å². The summed E-state index contributed by atoms with van der Waals surface area (Å²) in [5, 5.41) is 7.03. The van der Waals surface area contributed by atoms with E-state index in [1.54, 1.807) is 17.7 Å². The first-order chi connectivity index (χ1) is 10.7. The number of thiophene rings is 1. The molecule has 0 radical (unpaired) electrons. The van der Waals surface area contributed by atoms with Crippen LogP contribution in [0.5, 0.6) is 0 Å². The summed E-state index contributed by atoms with van der Waals surface area (Å²) in [4.78, 5) is 11.1. The maximum Gasteiger partial charge on any atom is 0.142 e. The third-order valence-corrected chi connectivity index (χ3v) is 5.09. The molecule has 0 fully saturated rings. The molecular weight excluding hydrogens is 290 g/mol. The number of nitrogens with one attached hydrogen (secondary N) is 1. The highest BCUT2D eigenvalue weighted by Crippen LogP contribution is 2.34. The lowest BCUT2D eigenvalue weighted by molar-refractivity contribution is 1.23. The van der Waals surface area contributed by atoms with Crippen LogP contribution >= 0.6 is 11.3 Å². The highest BCUT2D eigenvalue weighted by molar-refractivity contribution is 7.18. The minimum atomic E-state index is 0.877. The monoisotopic (exact) mass is 305 g/mol. The summed E-state index contributed by atoms with van der Waals surface area (Å²) >= 11 is 1.71. The van der Waals surface area contributed by atoms with Crippen molar-refractivity contribution in [2.24, 2.45) is 0 Å². The third kappa shape index (κ3) is 2.12. The fraction of sp³-hybridized carbons (Fsp3) is 0.111. The van der Waals surface area contributed by atoms with Crippen LogP contribution in [-0.2, 0) is 0 Å². The highest BCUT2D eigenvalue weighted by Gasteiger charge is 2.12. The summed E-state index contributed by atoms with van der Waals surface area (Å²) < 4.78 is 0. The number of rotatable bonds is 2. The van der Waals surface area contributed by atoms with Crippen molar-refractivity contribution in [3.05, 3.63) is 59.2 Å². The van der Waals surface area contributed by atoms with Gasteiger partial charge in [-0.3, -0.25) is 0 Å². The Kier molecular flexibility index (Phi) is 3.05. The zero-order valence-electron chi connectivity index (χ0n) is 12.4. The Hall–Kier alpha value is -2.46. The van der Waals surface area contributed by atoms with Gasteiger partial charge in [-0.15, -0.1) is 11.3 Å². The number of aromatic nitrogens is 2. The number of nitrogens with zero attached hydrogens (tertiary/aromatic N) is 2. The Morgan fingerprint density at radius 2 is 1.77 bits per heavy atom. The van der Waals surface area contributed by atoms with Crippen molar-refractivity contribution in [2.75, 3.05) is 5.32 Å². The Labute approximate surface area is 132 Å². The molecule has 0 aliphatic heterocycles. The van der Waals surface area contributed by atoms with E-state index in [1.165, 1.54) is 21.2 Å². The largest absolute Gasteiger partial charge is 0.340 e. The average Bonchev–Trinajstić information content (AvgIpc) is 2.83. The van der Waals surface area contributed by atoms with Crippen molar-refractivity contribution in [1.82, 2.24) is 9.97 Å². The molecule has 0 saturated carbocycles. The fourth-order valence-corrected chi connectivity index (χ4v) is 3.68. The SMILES string of the molecule is Cc1sc2ncnc(Nc3ccc4ccccc4c3)c2c1C. The first-order valence-electron chi connectivity index (χ1n) is 7.19. The van der Waals surface area contributed by atoms with Crippen LogP contribution in [0.25, 0.3) is 21.0 Å². The standard InChI is InChI=1S/C18H15N3S/c1-11-12(2)22-18-16(11)17(19-10-20-18)21-15-8-7-13-5-3-4-6-14(13)9-15/h3-10H,1-2H3,(H,19,20,21). The predicted octanol–water partition coefficient (Wildman–Crippen LogP) is 5.20. The van der Waals surface area contributed by atoms with E-state index in [1.807, 2.05) is 0 Å². The molecule has 0 aliphatic carbocycles. The molecule has 0 spiro atoms. The van der Waals surface area contributed by atoms with E-state index in [-0.39, 0.29) is 0 Å². The Balaban J connectivity index is 1.82. The van der Waals surface area contributed by atoms with Gasteiger partial charge in [-0.2, -0.15) is 0 Å². The van der Waals surface area contributed by atoms with Crippen molar-refractivity contribution >= 4 is 43.8 Å². The van der Waals surface area contributed by atoms with Crippen LogP contribution in [0.3, 0.4) is 0 Å². The molecule has 1 N–H and O–H groups in total. The van der Waals surface area contributed by atoms with Gasteiger partial charge in [0.2, 0.25) is 0 Å². The number of benzene rings is 2. The fourth-order valence-electron chi connectivity index (χ4n) is 2.68. The maximum atomic E-state index is 4.44. The number of aryl methyl sites for hydroxylation is 2. The number of fused-ring (bicyclic) bond motifs is 2. The molecule has 0 amide bonds. The van der Waals surface area contributed by atoms with Gasteiger partial charge in [0.05, 0.1) is 5.39 Å². The van der Waals surface area contributed by atoms with E-state index in [9.17, 15) is 0 Å². The number of hydrogen-bond donors (Lipinski definition) is 1. The first kappa shape index (κ1) is 13.2. The van der Waals surface area contributed by atoms with Gasteiger partial charge in [-0.05, 0) is 42.3 Å². The lowest BCUT2D eigenvalue weighted by Gasteiger charge is -2.08. The van der Waals surface area contributed by atoms with E-state index in [0.29, 0.717) is 0 Å². The zero-order valence-corrected chi connectivity index (χ0v) is 13.2. The van der Waals surface area contributed by atoms with Gasteiger partial charge < -0.3 is 5.32 Å². The van der Waals surface area contributed by atoms with Crippen molar-refractivity contribution in [3.63, 3.8) is 0 Å². The van der Waals surface area contributed by atoms with Gasteiger partial charge in [0.15, 0.2) is 0 Å². The summed E-state index contributed by atoms with van der Waals surface area (Å²) in [5.74, 6) is 0.877. The van der Waals surface area contributed by atoms with E-state index in [0.717, 1.165) is 21.7 Å². The van der Waals surface area contributed by atoms with E-state index in [4.69, 9.17) is 0 Å². The predicted molar refractivity (Wildman–Crippen MR) is 94.1 cm³/mol. The maximum absolute atomic E-state index is 4.44. The minimum Gasteiger partial charge on any atom is -0.340 e. The highest BCUT2D eigenvalue weighted by atomic mass is 32.1. The minimum absolute atomic E-state index is 0.877. The molecule has 2 aromatic heterocycles. The molecule has 108 valence electrons. The summed E-state index contributed by atoms with van der Waals surface area (Å²) in [6.45, 7) is 4.25. The Morgan fingerprint density at radius 3 is 2.64 bits per heavy atom. The van der Waals surface area contributed by atoms with Crippen LogP contribution < -0.4 is 5.32 Å². The normalized spacial score (nSPS) is 11.2. The molecule has 22 heavy (non-hydrogen) atoms. The number of hydrogen-bond acceptors (Lipinski definition) is 4. The summed E-state index contributed by atoms with van der Waals surface area (Å²) in [6.07, 6.45) is 1.63. The molecule has 4 heteroatoms. The molecule has 0 unspecified atom stereocenters. The Morgan fingerprint density at radius 1 is 0.955 bits per heavy atom. The van der Waals surface area contributed by atoms with Crippen molar-refractivity contribution in [3.8, 4) is 0 Å². The lowest BCUT2D eigenvalue weighted by Crippen LogP contribution is -1.95. The molecule has 0 aliphatic rings. The molecule has 4 rings (SSSR count). The summed E-state index contributed by atoms with van der Waals surface area (Å²) in [6, 6.07) is 14.7. The number of anilines is 2. The van der Waals surface area contributed by atoms with Crippen LogP contribution in [0, 0.1) is 13.8 Å². The van der Waals surface area contributed by atoms with Gasteiger partial charge in [0.1, 0.15) is 17.0 Å². The lowest BCUT2D eigenvalue weighted by atomic mass is 10.1. The molecule has 3 nitrogen and oxygen atoms in total. The second-order valence-electron chi connectivity index (χ2n) is 5.37. The molecule has 2 aromatic carbocycles. The smallest absolute Gasteiger partial charge is 0.142 e. The average molecular weight is 305 g/mol. The summed E-state index contributed by atoms with van der Waals surface area (Å²) in [5.41, 5.74) is 2.30. The van der Waals surface area contributed by atoms with Crippen LogP contribution in [0.15, 0.2) is 48.8 Å². The van der Waals surface area contributed by atoms with E-state index in [2.05, 4.69) is 71.6 Å². The second kappa shape index (κ2) is 5.07. The third-order valence-electron chi connectivity index (χ3n) is 3.98. The van der Waals surface area contributed by atoms with Crippen LogP contribution in [0.1, 0.15) is 10.4 Å². The topological polar surface area (TPSA) is 37.8 Å².